The van der Waals surface area contributed by atoms with Crippen molar-refractivity contribution in [3.05, 3.63) is 21.3 Å². The monoisotopic (exact) mass is 254 g/mol. The Bertz CT molecular complexity index is 443. The Morgan fingerprint density at radius 3 is 2.75 bits per heavy atom. The van der Waals surface area contributed by atoms with Crippen molar-refractivity contribution >= 4 is 28.8 Å². The number of thiophene rings is 1. The molecule has 0 spiro atoms. The van der Waals surface area contributed by atoms with Gasteiger partial charge in [-0.3, -0.25) is 4.79 Å². The minimum absolute atomic E-state index is 0.233. The second kappa shape index (κ2) is 4.44. The first kappa shape index (κ1) is 11.4. The van der Waals surface area contributed by atoms with Crippen LogP contribution in [0.1, 0.15) is 35.4 Å². The molecular formula is C11H11ClN2OS. The Balaban J connectivity index is 2.13. The number of rotatable bonds is 2. The number of nitrogens with one attached hydrogen (secondary N) is 1. The van der Waals surface area contributed by atoms with Crippen LogP contribution in [0.25, 0.3) is 0 Å². The van der Waals surface area contributed by atoms with E-state index < -0.39 is 5.54 Å². The molecule has 1 aliphatic rings. The molecule has 0 bridgehead atoms. The molecular weight excluding hydrogens is 244 g/mol. The lowest BCUT2D eigenvalue weighted by atomic mass is 10.00. The molecule has 1 saturated carbocycles. The summed E-state index contributed by atoms with van der Waals surface area (Å²) >= 11 is 7.17. The van der Waals surface area contributed by atoms with Gasteiger partial charge in [0.1, 0.15) is 10.4 Å². The molecule has 0 aromatic carbocycles. The van der Waals surface area contributed by atoms with Gasteiger partial charge in [0.15, 0.2) is 0 Å². The molecule has 0 saturated heterocycles. The molecule has 2 rings (SSSR count). The molecule has 1 aromatic rings. The summed E-state index contributed by atoms with van der Waals surface area (Å²) in [4.78, 5) is 12.4. The molecule has 5 heteroatoms. The summed E-state index contributed by atoms with van der Waals surface area (Å²) in [5, 5.41) is 14.2. The number of halogens is 1. The highest BCUT2D eigenvalue weighted by Crippen LogP contribution is 2.30. The number of amides is 1. The lowest BCUT2D eigenvalue weighted by Gasteiger charge is -2.21. The van der Waals surface area contributed by atoms with Crippen molar-refractivity contribution in [3.8, 4) is 6.07 Å². The summed E-state index contributed by atoms with van der Waals surface area (Å²) in [6, 6.07) is 3.91. The van der Waals surface area contributed by atoms with Crippen LogP contribution >= 0.6 is 22.9 Å². The molecule has 0 aliphatic heterocycles. The van der Waals surface area contributed by atoms with E-state index in [1.807, 2.05) is 0 Å². The van der Waals surface area contributed by atoms with Crippen LogP contribution in [0.4, 0.5) is 0 Å². The van der Waals surface area contributed by atoms with Gasteiger partial charge in [0.05, 0.1) is 11.1 Å². The fourth-order valence-corrected chi connectivity index (χ4v) is 3.01. The average molecular weight is 255 g/mol. The number of carbonyl (C=O) groups excluding carboxylic acids is 1. The average Bonchev–Trinajstić information content (AvgIpc) is 2.87. The predicted octanol–water partition coefficient (Wildman–Crippen LogP) is 2.97. The molecule has 84 valence electrons. The Labute approximate surface area is 103 Å². The fraction of sp³-hybridized carbons (Fsp3) is 0.455. The van der Waals surface area contributed by atoms with Crippen molar-refractivity contribution in [1.82, 2.24) is 5.32 Å². The zero-order chi connectivity index (χ0) is 11.6. The number of hydrogen-bond donors (Lipinski definition) is 1. The summed E-state index contributed by atoms with van der Waals surface area (Å²) in [5.41, 5.74) is -0.676. The zero-order valence-corrected chi connectivity index (χ0v) is 10.2. The summed E-state index contributed by atoms with van der Waals surface area (Å²) in [6.45, 7) is 0. The normalized spacial score (nSPS) is 18.0. The molecule has 0 unspecified atom stereocenters. The minimum Gasteiger partial charge on any atom is -0.333 e. The van der Waals surface area contributed by atoms with Crippen molar-refractivity contribution in [2.45, 2.75) is 31.2 Å². The molecule has 3 nitrogen and oxygen atoms in total. The standard InChI is InChI=1S/C11H11ClN2OS/c12-8-3-6-16-9(8)10(15)14-11(7-13)4-1-2-5-11/h3,6H,1-2,4-5H2,(H,14,15). The van der Waals surface area contributed by atoms with E-state index in [9.17, 15) is 4.79 Å². The van der Waals surface area contributed by atoms with Crippen LogP contribution in [0, 0.1) is 11.3 Å². The first-order valence-electron chi connectivity index (χ1n) is 5.14. The molecule has 1 aromatic heterocycles. The van der Waals surface area contributed by atoms with Gasteiger partial charge in [-0.05, 0) is 37.1 Å². The van der Waals surface area contributed by atoms with Gasteiger partial charge in [-0.2, -0.15) is 5.26 Å². The lowest BCUT2D eigenvalue weighted by Crippen LogP contribution is -2.44. The van der Waals surface area contributed by atoms with Gasteiger partial charge in [0.2, 0.25) is 0 Å². The van der Waals surface area contributed by atoms with Gasteiger partial charge in [-0.1, -0.05) is 11.6 Å². The zero-order valence-electron chi connectivity index (χ0n) is 8.62. The number of carbonyl (C=O) groups is 1. The van der Waals surface area contributed by atoms with Gasteiger partial charge in [0.25, 0.3) is 5.91 Å². The first-order chi connectivity index (χ1) is 7.67. The molecule has 16 heavy (non-hydrogen) atoms. The van der Waals surface area contributed by atoms with E-state index in [4.69, 9.17) is 16.9 Å². The van der Waals surface area contributed by atoms with E-state index in [0.29, 0.717) is 9.90 Å². The highest BCUT2D eigenvalue weighted by molar-refractivity contribution is 7.12. The maximum atomic E-state index is 11.9. The van der Waals surface area contributed by atoms with Crippen LogP contribution in [0.15, 0.2) is 11.4 Å². The molecule has 0 radical (unpaired) electrons. The van der Waals surface area contributed by atoms with Gasteiger partial charge in [0, 0.05) is 0 Å². The van der Waals surface area contributed by atoms with Gasteiger partial charge >= 0.3 is 0 Å². The summed E-state index contributed by atoms with van der Waals surface area (Å²) < 4.78 is 0. The Morgan fingerprint density at radius 2 is 2.25 bits per heavy atom. The molecule has 1 N–H and O–H groups in total. The number of nitriles is 1. The van der Waals surface area contributed by atoms with Gasteiger partial charge < -0.3 is 5.32 Å². The number of hydrogen-bond acceptors (Lipinski definition) is 3. The molecule has 0 atom stereocenters. The van der Waals surface area contributed by atoms with E-state index in [0.717, 1.165) is 25.7 Å². The van der Waals surface area contributed by atoms with E-state index in [-0.39, 0.29) is 5.91 Å². The Morgan fingerprint density at radius 1 is 1.56 bits per heavy atom. The molecule has 1 aliphatic carbocycles. The number of nitrogens with zero attached hydrogens (tertiary/aromatic N) is 1. The minimum atomic E-state index is -0.676. The summed E-state index contributed by atoms with van der Waals surface area (Å²) in [6.07, 6.45) is 3.45. The van der Waals surface area contributed by atoms with Crippen molar-refractivity contribution < 1.29 is 4.79 Å². The SMILES string of the molecule is N#CC1(NC(=O)c2sccc2Cl)CCCC1. The quantitative estimate of drug-likeness (QED) is 0.882. The third-order valence-corrected chi connectivity index (χ3v) is 4.19. The van der Waals surface area contributed by atoms with E-state index in [2.05, 4.69) is 11.4 Å². The van der Waals surface area contributed by atoms with Crippen molar-refractivity contribution in [2.24, 2.45) is 0 Å². The third kappa shape index (κ3) is 2.06. The van der Waals surface area contributed by atoms with Gasteiger partial charge in [-0.15, -0.1) is 11.3 Å². The van der Waals surface area contributed by atoms with Crippen LogP contribution in [-0.2, 0) is 0 Å². The van der Waals surface area contributed by atoms with Crippen LogP contribution in [0.5, 0.6) is 0 Å². The highest BCUT2D eigenvalue weighted by atomic mass is 35.5. The predicted molar refractivity (Wildman–Crippen MR) is 63.6 cm³/mol. The van der Waals surface area contributed by atoms with E-state index >= 15 is 0 Å². The maximum Gasteiger partial charge on any atom is 0.264 e. The molecule has 1 fully saturated rings. The largest absolute Gasteiger partial charge is 0.333 e. The van der Waals surface area contributed by atoms with Gasteiger partial charge in [-0.25, -0.2) is 0 Å². The van der Waals surface area contributed by atoms with Crippen LogP contribution < -0.4 is 5.32 Å². The van der Waals surface area contributed by atoms with E-state index in [1.165, 1.54) is 11.3 Å². The first-order valence-corrected chi connectivity index (χ1v) is 6.39. The second-order valence-electron chi connectivity index (χ2n) is 3.95. The lowest BCUT2D eigenvalue weighted by molar-refractivity contribution is 0.0925. The maximum absolute atomic E-state index is 11.9. The fourth-order valence-electron chi connectivity index (χ4n) is 1.97. The highest BCUT2D eigenvalue weighted by Gasteiger charge is 2.36. The second-order valence-corrected chi connectivity index (χ2v) is 5.28. The summed E-state index contributed by atoms with van der Waals surface area (Å²) in [7, 11) is 0. The molecule has 1 heterocycles. The van der Waals surface area contributed by atoms with Crippen molar-refractivity contribution in [1.29, 1.82) is 5.26 Å². The third-order valence-electron chi connectivity index (χ3n) is 2.85. The smallest absolute Gasteiger partial charge is 0.264 e. The Hall–Kier alpha value is -1.05. The summed E-state index contributed by atoms with van der Waals surface area (Å²) in [5.74, 6) is -0.233. The van der Waals surface area contributed by atoms with Crippen molar-refractivity contribution in [3.63, 3.8) is 0 Å². The van der Waals surface area contributed by atoms with Crippen LogP contribution in [-0.4, -0.2) is 11.4 Å². The van der Waals surface area contributed by atoms with Crippen molar-refractivity contribution in [2.75, 3.05) is 0 Å². The van der Waals surface area contributed by atoms with E-state index in [1.54, 1.807) is 11.4 Å². The molecule has 1 amide bonds. The Kier molecular flexibility index (Phi) is 3.17. The van der Waals surface area contributed by atoms with Crippen LogP contribution in [0.3, 0.4) is 0 Å². The van der Waals surface area contributed by atoms with Crippen LogP contribution in [0.2, 0.25) is 5.02 Å². The topological polar surface area (TPSA) is 52.9 Å².